The van der Waals surface area contributed by atoms with E-state index in [1.165, 1.54) is 0 Å². The molecule has 1 aliphatic rings. The lowest BCUT2D eigenvalue weighted by molar-refractivity contribution is 0.320. The molecule has 0 saturated heterocycles. The van der Waals surface area contributed by atoms with Gasteiger partial charge in [-0.1, -0.05) is 12.1 Å². The molecular formula is C13H16O3. The zero-order valence-electron chi connectivity index (χ0n) is 9.06. The molecule has 0 fully saturated rings. The minimum absolute atomic E-state index is 0.0112. The van der Waals surface area contributed by atoms with Crippen LogP contribution < -0.4 is 0 Å². The third kappa shape index (κ3) is 2.04. The number of phenols is 2. The van der Waals surface area contributed by atoms with Crippen molar-refractivity contribution in [3.05, 3.63) is 35.4 Å². The normalized spacial score (nSPS) is 20.6. The van der Waals surface area contributed by atoms with Gasteiger partial charge in [0, 0.05) is 11.5 Å². The topological polar surface area (TPSA) is 60.7 Å². The van der Waals surface area contributed by atoms with Crippen molar-refractivity contribution in [1.29, 1.82) is 0 Å². The first kappa shape index (κ1) is 11.0. The van der Waals surface area contributed by atoms with Crippen LogP contribution in [0.5, 0.6) is 11.5 Å². The SMILES string of the molecule is OCC1=C[C@@H](c2c(O)cccc2O)CCC1. The van der Waals surface area contributed by atoms with E-state index in [1.807, 2.05) is 6.08 Å². The fourth-order valence-electron chi connectivity index (χ4n) is 2.28. The summed E-state index contributed by atoms with van der Waals surface area (Å²) in [4.78, 5) is 0. The van der Waals surface area contributed by atoms with Crippen molar-refractivity contribution in [3.8, 4) is 11.5 Å². The van der Waals surface area contributed by atoms with E-state index in [-0.39, 0.29) is 24.0 Å². The quantitative estimate of drug-likeness (QED) is 0.670. The molecule has 0 saturated carbocycles. The predicted octanol–water partition coefficient (Wildman–Crippen LogP) is 2.28. The van der Waals surface area contributed by atoms with Crippen molar-refractivity contribution in [2.75, 3.05) is 6.61 Å². The monoisotopic (exact) mass is 220 g/mol. The zero-order valence-corrected chi connectivity index (χ0v) is 9.06. The summed E-state index contributed by atoms with van der Waals surface area (Å²) in [5, 5.41) is 28.6. The largest absolute Gasteiger partial charge is 0.508 e. The van der Waals surface area contributed by atoms with Crippen LogP contribution in [0.4, 0.5) is 0 Å². The number of hydrogen-bond donors (Lipinski definition) is 3. The molecule has 3 nitrogen and oxygen atoms in total. The van der Waals surface area contributed by atoms with Gasteiger partial charge in [-0.3, -0.25) is 0 Å². The maximum Gasteiger partial charge on any atom is 0.123 e. The summed E-state index contributed by atoms with van der Waals surface area (Å²) in [7, 11) is 0. The first-order valence-electron chi connectivity index (χ1n) is 5.53. The average molecular weight is 220 g/mol. The minimum Gasteiger partial charge on any atom is -0.508 e. The molecule has 3 N–H and O–H groups in total. The fourth-order valence-corrected chi connectivity index (χ4v) is 2.28. The molecule has 3 heteroatoms. The van der Waals surface area contributed by atoms with Gasteiger partial charge in [-0.15, -0.1) is 0 Å². The Labute approximate surface area is 94.7 Å². The Kier molecular flexibility index (Phi) is 3.15. The molecular weight excluding hydrogens is 204 g/mol. The standard InChI is InChI=1S/C13H16O3/c14-8-9-3-1-4-10(7-9)13-11(15)5-2-6-12(13)16/h2,5-7,10,14-16H,1,3-4,8H2/t10-/m0/s1. The molecule has 2 rings (SSSR count). The van der Waals surface area contributed by atoms with Crippen molar-refractivity contribution < 1.29 is 15.3 Å². The van der Waals surface area contributed by atoms with E-state index < -0.39 is 0 Å². The lowest BCUT2D eigenvalue weighted by Crippen LogP contribution is -2.06. The zero-order chi connectivity index (χ0) is 11.5. The van der Waals surface area contributed by atoms with Crippen molar-refractivity contribution in [3.63, 3.8) is 0 Å². The maximum absolute atomic E-state index is 9.75. The van der Waals surface area contributed by atoms with E-state index in [1.54, 1.807) is 18.2 Å². The summed E-state index contributed by atoms with van der Waals surface area (Å²) in [6.45, 7) is 0.0604. The highest BCUT2D eigenvalue weighted by molar-refractivity contribution is 5.47. The number of rotatable bonds is 2. The molecule has 86 valence electrons. The summed E-state index contributed by atoms with van der Waals surface area (Å²) >= 11 is 0. The molecule has 0 amide bonds. The first-order valence-corrected chi connectivity index (χ1v) is 5.53. The van der Waals surface area contributed by atoms with Gasteiger partial charge in [0.2, 0.25) is 0 Å². The van der Waals surface area contributed by atoms with Crippen molar-refractivity contribution >= 4 is 0 Å². The second-order valence-electron chi connectivity index (χ2n) is 4.19. The fraction of sp³-hybridized carbons (Fsp3) is 0.385. The summed E-state index contributed by atoms with van der Waals surface area (Å²) in [5.74, 6) is 0.262. The number of hydrogen-bond acceptors (Lipinski definition) is 3. The van der Waals surface area contributed by atoms with Crippen LogP contribution in [0.2, 0.25) is 0 Å². The minimum atomic E-state index is 0.0112. The Morgan fingerprint density at radius 1 is 1.19 bits per heavy atom. The Morgan fingerprint density at radius 2 is 1.88 bits per heavy atom. The third-order valence-electron chi connectivity index (χ3n) is 3.08. The Hall–Kier alpha value is -1.48. The highest BCUT2D eigenvalue weighted by Gasteiger charge is 2.20. The second-order valence-corrected chi connectivity index (χ2v) is 4.19. The van der Waals surface area contributed by atoms with Crippen LogP contribution in [-0.2, 0) is 0 Å². The predicted molar refractivity (Wildman–Crippen MR) is 61.5 cm³/mol. The lowest BCUT2D eigenvalue weighted by atomic mass is 9.85. The van der Waals surface area contributed by atoms with Crippen LogP contribution in [0.1, 0.15) is 30.7 Å². The van der Waals surface area contributed by atoms with Gasteiger partial charge in [0.15, 0.2) is 0 Å². The maximum atomic E-state index is 9.75. The van der Waals surface area contributed by atoms with E-state index in [0.717, 1.165) is 24.8 Å². The molecule has 0 unspecified atom stereocenters. The van der Waals surface area contributed by atoms with Gasteiger partial charge < -0.3 is 15.3 Å². The van der Waals surface area contributed by atoms with Gasteiger partial charge in [0.1, 0.15) is 11.5 Å². The van der Waals surface area contributed by atoms with Gasteiger partial charge in [-0.05, 0) is 37.0 Å². The first-order chi connectivity index (χ1) is 7.72. The summed E-state index contributed by atoms with van der Waals surface area (Å²) in [6.07, 6.45) is 4.74. The third-order valence-corrected chi connectivity index (χ3v) is 3.08. The molecule has 1 aromatic carbocycles. The number of aromatic hydroxyl groups is 2. The van der Waals surface area contributed by atoms with E-state index in [9.17, 15) is 10.2 Å². The highest BCUT2D eigenvalue weighted by atomic mass is 16.3. The highest BCUT2D eigenvalue weighted by Crippen LogP contribution is 2.40. The number of aliphatic hydroxyl groups is 1. The average Bonchev–Trinajstić information content (AvgIpc) is 2.29. The molecule has 16 heavy (non-hydrogen) atoms. The molecule has 0 radical (unpaired) electrons. The van der Waals surface area contributed by atoms with Crippen LogP contribution in [0.15, 0.2) is 29.8 Å². The van der Waals surface area contributed by atoms with E-state index in [4.69, 9.17) is 5.11 Å². The molecule has 1 aliphatic carbocycles. The Bertz CT molecular complexity index is 389. The van der Waals surface area contributed by atoms with Crippen LogP contribution in [0, 0.1) is 0 Å². The molecule has 1 atom stereocenters. The number of phenolic OH excluding ortho intramolecular Hbond substituents is 2. The van der Waals surface area contributed by atoms with Gasteiger partial charge >= 0.3 is 0 Å². The smallest absolute Gasteiger partial charge is 0.123 e. The Morgan fingerprint density at radius 3 is 2.50 bits per heavy atom. The van der Waals surface area contributed by atoms with Crippen LogP contribution in [-0.4, -0.2) is 21.9 Å². The molecule has 0 heterocycles. The summed E-state index contributed by atoms with van der Waals surface area (Å²) < 4.78 is 0. The van der Waals surface area contributed by atoms with Gasteiger partial charge in [0.05, 0.1) is 6.61 Å². The van der Waals surface area contributed by atoms with E-state index >= 15 is 0 Å². The van der Waals surface area contributed by atoms with Crippen LogP contribution in [0.25, 0.3) is 0 Å². The molecule has 0 aromatic heterocycles. The van der Waals surface area contributed by atoms with Gasteiger partial charge in [-0.25, -0.2) is 0 Å². The number of allylic oxidation sites excluding steroid dienone is 1. The van der Waals surface area contributed by atoms with Crippen LogP contribution >= 0.6 is 0 Å². The number of aliphatic hydroxyl groups excluding tert-OH is 1. The van der Waals surface area contributed by atoms with Crippen molar-refractivity contribution in [2.24, 2.45) is 0 Å². The summed E-state index contributed by atoms with van der Waals surface area (Å²) in [5.41, 5.74) is 1.56. The molecule has 0 spiro atoms. The number of benzene rings is 1. The molecule has 0 aliphatic heterocycles. The second kappa shape index (κ2) is 4.58. The van der Waals surface area contributed by atoms with Crippen molar-refractivity contribution in [1.82, 2.24) is 0 Å². The molecule has 0 bridgehead atoms. The van der Waals surface area contributed by atoms with Gasteiger partial charge in [-0.2, -0.15) is 0 Å². The Balaban J connectivity index is 2.37. The van der Waals surface area contributed by atoms with E-state index in [2.05, 4.69) is 0 Å². The summed E-state index contributed by atoms with van der Waals surface area (Å²) in [6, 6.07) is 4.78. The van der Waals surface area contributed by atoms with E-state index in [0.29, 0.717) is 5.56 Å². The van der Waals surface area contributed by atoms with Crippen LogP contribution in [0.3, 0.4) is 0 Å². The van der Waals surface area contributed by atoms with Gasteiger partial charge in [0.25, 0.3) is 0 Å². The lowest BCUT2D eigenvalue weighted by Gasteiger charge is -2.22. The van der Waals surface area contributed by atoms with Crippen molar-refractivity contribution in [2.45, 2.75) is 25.2 Å². The molecule has 1 aromatic rings.